The number of piperazine rings is 1. The second-order valence-electron chi connectivity index (χ2n) is 7.14. The molecule has 1 amide bonds. The number of aromatic nitrogens is 3. The van der Waals surface area contributed by atoms with Gasteiger partial charge < -0.3 is 10.2 Å². The van der Waals surface area contributed by atoms with Crippen molar-refractivity contribution in [2.24, 2.45) is 0 Å². The third kappa shape index (κ3) is 3.68. The van der Waals surface area contributed by atoms with Gasteiger partial charge >= 0.3 is 0 Å². The highest BCUT2D eigenvalue weighted by Crippen LogP contribution is 2.26. The van der Waals surface area contributed by atoms with Gasteiger partial charge in [-0.15, -0.1) is 0 Å². The standard InChI is InChI=1S/C22H25N5O/c1-3-16-7-9-17(10-8-16)20-14-23-11-12-27(20)22(28)19-6-4-5-18(13-19)21-24-15(2)25-26-21/h4-10,13,20,23H,3,11-12,14H2,1-2H3,(H,24,25,26). The van der Waals surface area contributed by atoms with E-state index in [2.05, 4.69) is 51.7 Å². The molecule has 2 N–H and O–H groups in total. The van der Waals surface area contributed by atoms with Crippen LogP contribution in [-0.2, 0) is 6.42 Å². The lowest BCUT2D eigenvalue weighted by Crippen LogP contribution is -2.48. The van der Waals surface area contributed by atoms with Crippen molar-refractivity contribution in [3.8, 4) is 11.4 Å². The Morgan fingerprint density at radius 3 is 2.75 bits per heavy atom. The number of hydrogen-bond donors (Lipinski definition) is 2. The fourth-order valence-corrected chi connectivity index (χ4v) is 3.65. The molecule has 1 aromatic heterocycles. The molecule has 1 saturated heterocycles. The normalized spacial score (nSPS) is 16.9. The predicted molar refractivity (Wildman–Crippen MR) is 109 cm³/mol. The topological polar surface area (TPSA) is 73.9 Å². The summed E-state index contributed by atoms with van der Waals surface area (Å²) < 4.78 is 0. The molecule has 0 spiro atoms. The van der Waals surface area contributed by atoms with Gasteiger partial charge in [-0.25, -0.2) is 4.98 Å². The number of aromatic amines is 1. The van der Waals surface area contributed by atoms with E-state index in [0.717, 1.165) is 30.9 Å². The highest BCUT2D eigenvalue weighted by atomic mass is 16.2. The zero-order valence-corrected chi connectivity index (χ0v) is 16.3. The van der Waals surface area contributed by atoms with Crippen LogP contribution in [0.4, 0.5) is 0 Å². The summed E-state index contributed by atoms with van der Waals surface area (Å²) >= 11 is 0. The van der Waals surface area contributed by atoms with Crippen LogP contribution in [-0.4, -0.2) is 45.6 Å². The number of aryl methyl sites for hydroxylation is 2. The van der Waals surface area contributed by atoms with Crippen LogP contribution in [0, 0.1) is 6.92 Å². The molecule has 0 aliphatic carbocycles. The summed E-state index contributed by atoms with van der Waals surface area (Å²) in [4.78, 5) is 19.7. The van der Waals surface area contributed by atoms with Gasteiger partial charge in [0.25, 0.3) is 5.91 Å². The van der Waals surface area contributed by atoms with Crippen molar-refractivity contribution in [1.29, 1.82) is 0 Å². The third-order valence-corrected chi connectivity index (χ3v) is 5.24. The summed E-state index contributed by atoms with van der Waals surface area (Å²) in [7, 11) is 0. The fraction of sp³-hybridized carbons (Fsp3) is 0.318. The molecule has 1 aliphatic heterocycles. The number of nitrogens with one attached hydrogen (secondary N) is 2. The van der Waals surface area contributed by atoms with Crippen molar-refractivity contribution in [2.45, 2.75) is 26.3 Å². The molecule has 2 aromatic carbocycles. The fourth-order valence-electron chi connectivity index (χ4n) is 3.65. The summed E-state index contributed by atoms with van der Waals surface area (Å²) in [5, 5.41) is 10.5. The molecule has 0 radical (unpaired) electrons. The van der Waals surface area contributed by atoms with Crippen LogP contribution in [0.5, 0.6) is 0 Å². The summed E-state index contributed by atoms with van der Waals surface area (Å²) in [6, 6.07) is 16.2. The van der Waals surface area contributed by atoms with E-state index in [9.17, 15) is 4.79 Å². The van der Waals surface area contributed by atoms with E-state index in [4.69, 9.17) is 0 Å². The molecule has 0 saturated carbocycles. The number of H-pyrrole nitrogens is 1. The number of carbonyl (C=O) groups is 1. The summed E-state index contributed by atoms with van der Waals surface area (Å²) in [5.74, 6) is 1.41. The molecule has 3 aromatic rings. The first-order chi connectivity index (χ1) is 13.7. The van der Waals surface area contributed by atoms with Crippen LogP contribution in [0.15, 0.2) is 48.5 Å². The van der Waals surface area contributed by atoms with E-state index in [-0.39, 0.29) is 11.9 Å². The zero-order valence-electron chi connectivity index (χ0n) is 16.3. The molecular formula is C22H25N5O. The maximum Gasteiger partial charge on any atom is 0.254 e. The van der Waals surface area contributed by atoms with Crippen molar-refractivity contribution in [1.82, 2.24) is 25.4 Å². The second-order valence-corrected chi connectivity index (χ2v) is 7.14. The van der Waals surface area contributed by atoms with Crippen molar-refractivity contribution < 1.29 is 4.79 Å². The first kappa shape index (κ1) is 18.4. The van der Waals surface area contributed by atoms with E-state index in [1.807, 2.05) is 36.1 Å². The zero-order chi connectivity index (χ0) is 19.5. The maximum absolute atomic E-state index is 13.3. The first-order valence-electron chi connectivity index (χ1n) is 9.75. The largest absolute Gasteiger partial charge is 0.329 e. The molecule has 6 nitrogen and oxygen atoms in total. The molecule has 28 heavy (non-hydrogen) atoms. The Morgan fingerprint density at radius 2 is 2.04 bits per heavy atom. The number of carbonyl (C=O) groups excluding carboxylic acids is 1. The Kier molecular flexibility index (Phi) is 5.21. The number of nitrogens with zero attached hydrogens (tertiary/aromatic N) is 3. The molecule has 1 atom stereocenters. The van der Waals surface area contributed by atoms with E-state index < -0.39 is 0 Å². The Hall–Kier alpha value is -2.99. The van der Waals surface area contributed by atoms with Crippen molar-refractivity contribution in [3.05, 3.63) is 71.0 Å². The van der Waals surface area contributed by atoms with Crippen LogP contribution in [0.1, 0.15) is 40.3 Å². The van der Waals surface area contributed by atoms with Gasteiger partial charge in [-0.1, -0.05) is 43.3 Å². The van der Waals surface area contributed by atoms with E-state index >= 15 is 0 Å². The molecule has 144 valence electrons. The Bertz CT molecular complexity index is 963. The monoisotopic (exact) mass is 375 g/mol. The number of benzene rings is 2. The SMILES string of the molecule is CCc1ccc(C2CNCCN2C(=O)c2cccc(-c3n[nH]c(C)n3)c2)cc1. The summed E-state index contributed by atoms with van der Waals surface area (Å²) in [6.07, 6.45) is 1.01. The van der Waals surface area contributed by atoms with Gasteiger partial charge in [0.05, 0.1) is 6.04 Å². The van der Waals surface area contributed by atoms with Gasteiger partial charge in [-0.2, -0.15) is 5.10 Å². The quantitative estimate of drug-likeness (QED) is 0.735. The molecule has 2 heterocycles. The van der Waals surface area contributed by atoms with Crippen LogP contribution in [0.3, 0.4) is 0 Å². The lowest BCUT2D eigenvalue weighted by molar-refractivity contribution is 0.0634. The molecule has 4 rings (SSSR count). The van der Waals surface area contributed by atoms with Gasteiger partial charge in [0, 0.05) is 30.8 Å². The number of hydrogen-bond acceptors (Lipinski definition) is 4. The molecule has 1 fully saturated rings. The molecule has 1 unspecified atom stereocenters. The molecular weight excluding hydrogens is 350 g/mol. The Morgan fingerprint density at radius 1 is 1.21 bits per heavy atom. The van der Waals surface area contributed by atoms with Crippen LogP contribution < -0.4 is 5.32 Å². The summed E-state index contributed by atoms with van der Waals surface area (Å²) in [6.45, 7) is 6.26. The third-order valence-electron chi connectivity index (χ3n) is 5.24. The predicted octanol–water partition coefficient (Wildman–Crippen LogP) is 3.13. The van der Waals surface area contributed by atoms with Crippen molar-refractivity contribution in [3.63, 3.8) is 0 Å². The maximum atomic E-state index is 13.3. The molecule has 6 heteroatoms. The van der Waals surface area contributed by atoms with Gasteiger partial charge in [-0.3, -0.25) is 9.89 Å². The van der Waals surface area contributed by atoms with Gasteiger partial charge in [0.2, 0.25) is 0 Å². The minimum Gasteiger partial charge on any atom is -0.329 e. The number of amides is 1. The molecule has 1 aliphatic rings. The van der Waals surface area contributed by atoms with Crippen LogP contribution in [0.2, 0.25) is 0 Å². The lowest BCUT2D eigenvalue weighted by Gasteiger charge is -2.36. The van der Waals surface area contributed by atoms with E-state index in [0.29, 0.717) is 17.9 Å². The average molecular weight is 375 g/mol. The van der Waals surface area contributed by atoms with Gasteiger partial charge in [0.1, 0.15) is 5.82 Å². The lowest BCUT2D eigenvalue weighted by atomic mass is 9.99. The van der Waals surface area contributed by atoms with Crippen molar-refractivity contribution in [2.75, 3.05) is 19.6 Å². The van der Waals surface area contributed by atoms with Gasteiger partial charge in [0.15, 0.2) is 5.82 Å². The van der Waals surface area contributed by atoms with E-state index in [1.54, 1.807) is 0 Å². The summed E-state index contributed by atoms with van der Waals surface area (Å²) in [5.41, 5.74) is 3.98. The van der Waals surface area contributed by atoms with E-state index in [1.165, 1.54) is 11.1 Å². The minimum absolute atomic E-state index is 0.0292. The van der Waals surface area contributed by atoms with Crippen molar-refractivity contribution >= 4 is 5.91 Å². The average Bonchev–Trinajstić information content (AvgIpc) is 3.20. The smallest absolute Gasteiger partial charge is 0.254 e. The highest BCUT2D eigenvalue weighted by Gasteiger charge is 2.28. The van der Waals surface area contributed by atoms with Crippen LogP contribution >= 0.6 is 0 Å². The Balaban J connectivity index is 1.61. The second kappa shape index (κ2) is 7.94. The highest BCUT2D eigenvalue weighted by molar-refractivity contribution is 5.95. The van der Waals surface area contributed by atoms with Crippen LogP contribution in [0.25, 0.3) is 11.4 Å². The Labute approximate surface area is 165 Å². The van der Waals surface area contributed by atoms with Gasteiger partial charge in [-0.05, 0) is 36.6 Å². The number of rotatable bonds is 4. The molecule has 0 bridgehead atoms. The first-order valence-corrected chi connectivity index (χ1v) is 9.75. The minimum atomic E-state index is 0.0292.